The highest BCUT2D eigenvalue weighted by Crippen LogP contribution is 2.48. The van der Waals surface area contributed by atoms with Crippen LogP contribution in [-0.4, -0.2) is 141 Å². The van der Waals surface area contributed by atoms with Gasteiger partial charge in [0, 0.05) is 44.4 Å². The first kappa shape index (κ1) is 68.9. The summed E-state index contributed by atoms with van der Waals surface area (Å²) in [5, 5.41) is 56.5. The Bertz CT molecular complexity index is 2100. The average Bonchev–Trinajstić information content (AvgIpc) is 4.04. The molecule has 7 aliphatic heterocycles. The van der Waals surface area contributed by atoms with Crippen molar-refractivity contribution in [2.75, 3.05) is 13.2 Å². The van der Waals surface area contributed by atoms with Gasteiger partial charge in [0.1, 0.15) is 31.0 Å². The number of ether oxygens (including phenoxy) is 9. The molecule has 480 valence electrons. The third-order valence-corrected chi connectivity index (χ3v) is 19.3. The number of fused-ring (bicyclic) bond motifs is 1. The molecule has 5 N–H and O–H groups in total. The lowest BCUT2D eigenvalue weighted by Crippen LogP contribution is -2.60. The van der Waals surface area contributed by atoms with Gasteiger partial charge in [-0.15, -0.1) is 0 Å². The Morgan fingerprint density at radius 1 is 0.833 bits per heavy atom. The monoisotopic (exact) mass is 1180 g/mol. The van der Waals surface area contributed by atoms with Gasteiger partial charge in [0.25, 0.3) is 0 Å². The van der Waals surface area contributed by atoms with Gasteiger partial charge in [-0.05, 0) is 127 Å². The molecule has 0 aliphatic carbocycles. The molecule has 6 saturated heterocycles. The normalized spacial score (nSPS) is 35.0. The molecule has 18 unspecified atom stereocenters. The summed E-state index contributed by atoms with van der Waals surface area (Å²) in [4.78, 5) is 25.4. The number of carbonyl (C=O) groups is 2. The van der Waals surface area contributed by atoms with Crippen LogP contribution >= 0.6 is 0 Å². The van der Waals surface area contributed by atoms with Crippen molar-refractivity contribution in [3.8, 4) is 0 Å². The van der Waals surface area contributed by atoms with E-state index in [1.54, 1.807) is 6.08 Å². The van der Waals surface area contributed by atoms with E-state index in [9.17, 15) is 35.1 Å². The summed E-state index contributed by atoms with van der Waals surface area (Å²) in [7, 11) is 0. The molecule has 0 bridgehead atoms. The second-order valence-electron chi connectivity index (χ2n) is 27.0. The van der Waals surface area contributed by atoms with Crippen LogP contribution in [0.1, 0.15) is 247 Å². The van der Waals surface area contributed by atoms with Gasteiger partial charge in [-0.1, -0.05) is 135 Å². The predicted molar refractivity (Wildman–Crippen MR) is 321 cm³/mol. The minimum atomic E-state index is -1.88. The number of aliphatic hydroxyl groups is 5. The number of allylic oxidation sites excluding steroid dienone is 1. The largest absolute Gasteiger partial charge is 0.463 e. The van der Waals surface area contributed by atoms with Crippen LogP contribution in [-0.2, 0) is 52.2 Å². The van der Waals surface area contributed by atoms with E-state index in [0.29, 0.717) is 88.5 Å². The highest BCUT2D eigenvalue weighted by Gasteiger charge is 2.55. The summed E-state index contributed by atoms with van der Waals surface area (Å²) in [6.45, 7) is 17.0. The van der Waals surface area contributed by atoms with Crippen molar-refractivity contribution in [3.63, 3.8) is 0 Å². The van der Waals surface area contributed by atoms with Crippen molar-refractivity contribution >= 4 is 11.9 Å². The third-order valence-electron chi connectivity index (χ3n) is 19.3. The third kappa shape index (κ3) is 20.0. The van der Waals surface area contributed by atoms with Gasteiger partial charge in [-0.25, -0.2) is 4.79 Å². The van der Waals surface area contributed by atoms with Crippen LogP contribution < -0.4 is 0 Å². The van der Waals surface area contributed by atoms with E-state index in [4.69, 9.17) is 42.6 Å². The number of aliphatic hydroxyl groups excluding tert-OH is 4. The minimum absolute atomic E-state index is 0.00780. The molecule has 0 amide bonds. The van der Waals surface area contributed by atoms with Gasteiger partial charge >= 0.3 is 11.9 Å². The standard InChI is InChI=1S/C68H112O16/c1-8-9-10-11-12-13-14-15-16-17-18-19-23-28-59(72)77-46-52(69)27-22-20-21-25-40-76-64(74)65(7,75)45-54-31-32-58(71)68(81-54)44-47(2)42-57(82-68)48(3)29-30-53-34-38-67(80-53)39-35-56-63(84-67)60(73)51(6)62(79-56)55(70)43-50(5)61-49(4)33-37-66(83-61)36-24-26-41-78-66/h25,29-30,40,44,48-50,52-58,60-63,69-71,73,75H,6,8-24,26-28,31-39,41-43,45-46H2,1-5,7H3. The average molecular weight is 1190 g/mol. The van der Waals surface area contributed by atoms with Crippen molar-refractivity contribution in [2.24, 2.45) is 17.8 Å². The van der Waals surface area contributed by atoms with Crippen molar-refractivity contribution in [1.29, 1.82) is 0 Å². The van der Waals surface area contributed by atoms with E-state index in [1.807, 2.05) is 19.1 Å². The molecule has 16 heteroatoms. The van der Waals surface area contributed by atoms with Gasteiger partial charge in [-0.2, -0.15) is 0 Å². The Hall–Kier alpha value is -2.58. The molecular weight excluding hydrogens is 1070 g/mol. The van der Waals surface area contributed by atoms with E-state index in [0.717, 1.165) is 70.0 Å². The Balaban J connectivity index is 0.770. The first-order valence-electron chi connectivity index (χ1n) is 33.5. The first-order valence-corrected chi connectivity index (χ1v) is 33.5. The summed E-state index contributed by atoms with van der Waals surface area (Å²) in [5.74, 6) is -3.69. The molecule has 84 heavy (non-hydrogen) atoms. The highest BCUT2D eigenvalue weighted by atomic mass is 16.7. The number of hydrogen-bond acceptors (Lipinski definition) is 16. The fourth-order valence-electron chi connectivity index (χ4n) is 14.1. The zero-order valence-corrected chi connectivity index (χ0v) is 52.4. The smallest absolute Gasteiger partial charge is 0.342 e. The van der Waals surface area contributed by atoms with Crippen LogP contribution in [0.5, 0.6) is 0 Å². The molecule has 0 aromatic rings. The topological polar surface area (TPSA) is 218 Å². The molecular formula is C68H112O16. The van der Waals surface area contributed by atoms with E-state index in [1.165, 1.54) is 77.4 Å². The van der Waals surface area contributed by atoms with E-state index >= 15 is 0 Å². The number of carbonyl (C=O) groups excluding carboxylic acids is 2. The van der Waals surface area contributed by atoms with Crippen molar-refractivity contribution < 1.29 is 77.8 Å². The van der Waals surface area contributed by atoms with Gasteiger partial charge in [-0.3, -0.25) is 4.79 Å². The maximum Gasteiger partial charge on any atom is 0.342 e. The summed E-state index contributed by atoms with van der Waals surface area (Å²) in [6, 6.07) is 0. The minimum Gasteiger partial charge on any atom is -0.463 e. The Labute approximate surface area is 504 Å². The second kappa shape index (κ2) is 33.3. The van der Waals surface area contributed by atoms with E-state index < -0.39 is 77.8 Å². The van der Waals surface area contributed by atoms with Gasteiger partial charge in [0.2, 0.25) is 5.79 Å². The molecule has 0 aromatic heterocycles. The zero-order chi connectivity index (χ0) is 60.3. The van der Waals surface area contributed by atoms with Crippen LogP contribution in [0.25, 0.3) is 0 Å². The molecule has 7 aliphatic rings. The predicted octanol–water partition coefficient (Wildman–Crippen LogP) is 12.1. The molecule has 0 aromatic carbocycles. The molecule has 6 fully saturated rings. The molecule has 18 atom stereocenters. The van der Waals surface area contributed by atoms with Gasteiger partial charge < -0.3 is 68.2 Å². The molecule has 7 heterocycles. The van der Waals surface area contributed by atoms with Crippen LogP contribution in [0.4, 0.5) is 0 Å². The SMILES string of the molecule is C=C1C(O)C2OC3(CCC(C=CC(C)C4CC(C)=CC5(OC(CC(C)(O)C(=O)OC=CCCCCC(O)COC(=O)CCCCCCCCCCCCCCC)CCC5O)O4)O3)CCC2OC1C(O)CC(C)C1OC2(CCCCO2)CCC1C. The molecule has 16 nitrogen and oxygen atoms in total. The second-order valence-corrected chi connectivity index (χ2v) is 27.0. The van der Waals surface area contributed by atoms with Crippen LogP contribution in [0.15, 0.2) is 48.3 Å². The van der Waals surface area contributed by atoms with Crippen molar-refractivity contribution in [3.05, 3.63) is 48.3 Å². The van der Waals surface area contributed by atoms with Gasteiger partial charge in [0.15, 0.2) is 17.2 Å². The first-order chi connectivity index (χ1) is 40.3. The Morgan fingerprint density at radius 3 is 2.25 bits per heavy atom. The highest BCUT2D eigenvalue weighted by molar-refractivity contribution is 5.79. The van der Waals surface area contributed by atoms with Crippen molar-refractivity contribution in [1.82, 2.24) is 0 Å². The lowest BCUT2D eigenvalue weighted by Gasteiger charge is -2.50. The lowest BCUT2D eigenvalue weighted by molar-refractivity contribution is -0.321. The molecule has 0 saturated carbocycles. The van der Waals surface area contributed by atoms with Gasteiger partial charge in [0.05, 0.1) is 55.6 Å². The number of esters is 2. The number of unbranched alkanes of at least 4 members (excludes halogenated alkanes) is 14. The fraction of sp³-hybridized carbons (Fsp3) is 0.853. The van der Waals surface area contributed by atoms with E-state index in [-0.39, 0.29) is 49.1 Å². The van der Waals surface area contributed by atoms with Crippen molar-refractivity contribution in [2.45, 2.75) is 337 Å². The lowest BCUT2D eigenvalue weighted by atomic mass is 9.79. The summed E-state index contributed by atoms with van der Waals surface area (Å²) in [5.41, 5.74) is -0.475. The zero-order valence-electron chi connectivity index (χ0n) is 52.4. The van der Waals surface area contributed by atoms with Crippen LogP contribution in [0, 0.1) is 17.8 Å². The quantitative estimate of drug-likeness (QED) is 0.0183. The van der Waals surface area contributed by atoms with Crippen LogP contribution in [0.3, 0.4) is 0 Å². The maximum absolute atomic E-state index is 13.2. The van der Waals surface area contributed by atoms with Crippen LogP contribution in [0.2, 0.25) is 0 Å². The molecule has 0 radical (unpaired) electrons. The summed E-state index contributed by atoms with van der Waals surface area (Å²) >= 11 is 0. The summed E-state index contributed by atoms with van der Waals surface area (Å²) in [6.07, 6.45) is 30.6. The Kier molecular flexibility index (Phi) is 27.3. The number of rotatable bonds is 32. The Morgan fingerprint density at radius 2 is 1.54 bits per heavy atom. The van der Waals surface area contributed by atoms with E-state index in [2.05, 4.69) is 40.3 Å². The fourth-order valence-corrected chi connectivity index (χ4v) is 14.1. The summed E-state index contributed by atoms with van der Waals surface area (Å²) < 4.78 is 56.6. The molecule has 7 rings (SSSR count). The molecule has 3 spiro atoms. The maximum atomic E-state index is 13.2. The number of hydrogen-bond donors (Lipinski definition) is 5.